The van der Waals surface area contributed by atoms with Crippen molar-refractivity contribution in [3.63, 3.8) is 0 Å². The largest absolute Gasteiger partial charge is 0.401 e. The van der Waals surface area contributed by atoms with Crippen LogP contribution in [-0.2, 0) is 0 Å². The molecule has 1 atom stereocenters. The minimum Gasteiger partial charge on any atom is -0.329 e. The average molecular weight is 297 g/mol. The second kappa shape index (κ2) is 5.65. The van der Waals surface area contributed by atoms with Crippen molar-refractivity contribution in [3.05, 3.63) is 34.3 Å². The molecule has 0 saturated carbocycles. The van der Waals surface area contributed by atoms with E-state index in [2.05, 4.69) is 21.2 Å². The molecule has 0 radical (unpaired) electrons. The molecule has 1 aromatic carbocycles. The van der Waals surface area contributed by atoms with Crippen molar-refractivity contribution in [2.75, 3.05) is 13.1 Å². The zero-order valence-corrected chi connectivity index (χ0v) is 9.98. The Hall–Kier alpha value is -0.590. The Kier molecular flexibility index (Phi) is 4.76. The molecule has 0 amide bonds. The number of hydrogen-bond donors (Lipinski definition) is 2. The summed E-state index contributed by atoms with van der Waals surface area (Å²) in [5.74, 6) is 0. The molecule has 0 aromatic heterocycles. The van der Waals surface area contributed by atoms with Gasteiger partial charge in [-0.1, -0.05) is 34.1 Å². The Balaban J connectivity index is 2.72. The smallest absolute Gasteiger partial charge is 0.329 e. The summed E-state index contributed by atoms with van der Waals surface area (Å²) < 4.78 is 36.9. The molecule has 90 valence electrons. The molecule has 0 bridgehead atoms. The van der Waals surface area contributed by atoms with Gasteiger partial charge < -0.3 is 11.1 Å². The lowest BCUT2D eigenvalue weighted by Crippen LogP contribution is -2.35. The molecule has 0 heterocycles. The third-order valence-corrected chi connectivity index (χ3v) is 2.79. The third-order valence-electron chi connectivity index (χ3n) is 2.07. The summed E-state index contributed by atoms with van der Waals surface area (Å²) in [5.41, 5.74) is 6.18. The molecule has 0 aliphatic carbocycles. The maximum Gasteiger partial charge on any atom is 0.401 e. The van der Waals surface area contributed by atoms with Gasteiger partial charge in [-0.15, -0.1) is 0 Å². The van der Waals surface area contributed by atoms with Crippen LogP contribution in [0.2, 0.25) is 0 Å². The second-order valence-corrected chi connectivity index (χ2v) is 4.16. The first-order valence-corrected chi connectivity index (χ1v) is 5.48. The van der Waals surface area contributed by atoms with Crippen LogP contribution in [0.5, 0.6) is 0 Å². The predicted molar refractivity (Wildman–Crippen MR) is 60.0 cm³/mol. The van der Waals surface area contributed by atoms with Gasteiger partial charge in [0, 0.05) is 17.1 Å². The fourth-order valence-electron chi connectivity index (χ4n) is 1.32. The Bertz CT molecular complexity index is 341. The lowest BCUT2D eigenvalue weighted by atomic mass is 10.1. The number of halogens is 4. The van der Waals surface area contributed by atoms with Crippen molar-refractivity contribution in [2.45, 2.75) is 12.2 Å². The fourth-order valence-corrected chi connectivity index (χ4v) is 1.88. The lowest BCUT2D eigenvalue weighted by Gasteiger charge is -2.19. The summed E-state index contributed by atoms with van der Waals surface area (Å²) >= 11 is 3.28. The topological polar surface area (TPSA) is 38.0 Å². The Morgan fingerprint density at radius 3 is 2.44 bits per heavy atom. The van der Waals surface area contributed by atoms with Gasteiger partial charge in [-0.2, -0.15) is 13.2 Å². The SMILES string of the molecule is NCC(NCC(F)(F)F)c1ccccc1Br. The van der Waals surface area contributed by atoms with Gasteiger partial charge in [0.15, 0.2) is 0 Å². The quantitative estimate of drug-likeness (QED) is 0.896. The third kappa shape index (κ3) is 4.11. The number of alkyl halides is 3. The Labute approximate surface area is 100 Å². The van der Waals surface area contributed by atoms with E-state index in [1.807, 2.05) is 0 Å². The van der Waals surface area contributed by atoms with Crippen LogP contribution in [0.1, 0.15) is 11.6 Å². The van der Waals surface area contributed by atoms with Crippen molar-refractivity contribution < 1.29 is 13.2 Å². The van der Waals surface area contributed by atoms with Gasteiger partial charge in [-0.25, -0.2) is 0 Å². The average Bonchev–Trinajstić information content (AvgIpc) is 2.20. The van der Waals surface area contributed by atoms with Gasteiger partial charge in [-0.3, -0.25) is 0 Å². The van der Waals surface area contributed by atoms with Crippen LogP contribution in [-0.4, -0.2) is 19.3 Å². The molecule has 1 rings (SSSR count). The molecule has 2 nitrogen and oxygen atoms in total. The van der Waals surface area contributed by atoms with Crippen LogP contribution in [0.4, 0.5) is 13.2 Å². The summed E-state index contributed by atoms with van der Waals surface area (Å²) in [7, 11) is 0. The molecular formula is C10H12BrF3N2. The van der Waals surface area contributed by atoms with Crippen molar-refractivity contribution >= 4 is 15.9 Å². The van der Waals surface area contributed by atoms with E-state index in [1.165, 1.54) is 0 Å². The molecule has 6 heteroatoms. The minimum atomic E-state index is -4.23. The standard InChI is InChI=1S/C10H12BrF3N2/c11-8-4-2-1-3-7(8)9(5-15)16-6-10(12,13)14/h1-4,9,16H,5-6,15H2. The second-order valence-electron chi connectivity index (χ2n) is 3.31. The summed E-state index contributed by atoms with van der Waals surface area (Å²) in [6.45, 7) is -0.936. The highest BCUT2D eigenvalue weighted by molar-refractivity contribution is 9.10. The van der Waals surface area contributed by atoms with Crippen LogP contribution in [0, 0.1) is 0 Å². The van der Waals surface area contributed by atoms with Crippen LogP contribution in [0.25, 0.3) is 0 Å². The minimum absolute atomic E-state index is 0.110. The molecule has 0 spiro atoms. The maximum atomic E-state index is 12.1. The van der Waals surface area contributed by atoms with Crippen molar-refractivity contribution in [2.24, 2.45) is 5.73 Å². The van der Waals surface area contributed by atoms with Gasteiger partial charge in [0.05, 0.1) is 6.54 Å². The van der Waals surface area contributed by atoms with Gasteiger partial charge in [0.25, 0.3) is 0 Å². The molecule has 1 unspecified atom stereocenters. The number of nitrogens with one attached hydrogen (secondary N) is 1. The molecule has 0 aliphatic heterocycles. The Morgan fingerprint density at radius 2 is 1.94 bits per heavy atom. The summed E-state index contributed by atoms with van der Waals surface area (Å²) in [6, 6.07) is 6.57. The molecule has 0 saturated heterocycles. The van der Waals surface area contributed by atoms with Gasteiger partial charge in [-0.05, 0) is 11.6 Å². The fraction of sp³-hybridized carbons (Fsp3) is 0.400. The highest BCUT2D eigenvalue weighted by atomic mass is 79.9. The van der Waals surface area contributed by atoms with E-state index in [1.54, 1.807) is 24.3 Å². The first-order chi connectivity index (χ1) is 7.44. The van der Waals surface area contributed by atoms with Crippen LogP contribution >= 0.6 is 15.9 Å². The van der Waals surface area contributed by atoms with Crippen LogP contribution < -0.4 is 11.1 Å². The number of hydrogen-bond acceptors (Lipinski definition) is 2. The molecule has 0 aliphatic rings. The zero-order valence-electron chi connectivity index (χ0n) is 8.39. The highest BCUT2D eigenvalue weighted by Gasteiger charge is 2.28. The normalized spacial score (nSPS) is 13.8. The van der Waals surface area contributed by atoms with Gasteiger partial charge in [0.2, 0.25) is 0 Å². The van der Waals surface area contributed by atoms with E-state index in [9.17, 15) is 13.2 Å². The monoisotopic (exact) mass is 296 g/mol. The van der Waals surface area contributed by atoms with E-state index in [0.29, 0.717) is 0 Å². The van der Waals surface area contributed by atoms with Crippen molar-refractivity contribution in [1.29, 1.82) is 0 Å². The zero-order chi connectivity index (χ0) is 12.2. The van der Waals surface area contributed by atoms with E-state index in [-0.39, 0.29) is 6.54 Å². The summed E-state index contributed by atoms with van der Waals surface area (Å²) in [5, 5.41) is 2.39. The molecule has 16 heavy (non-hydrogen) atoms. The van der Waals surface area contributed by atoms with E-state index in [0.717, 1.165) is 10.0 Å². The van der Waals surface area contributed by atoms with E-state index in [4.69, 9.17) is 5.73 Å². The lowest BCUT2D eigenvalue weighted by molar-refractivity contribution is -0.126. The molecule has 1 aromatic rings. The predicted octanol–water partition coefficient (Wildman–Crippen LogP) is 2.60. The van der Waals surface area contributed by atoms with Crippen LogP contribution in [0.3, 0.4) is 0 Å². The number of benzene rings is 1. The summed E-state index contributed by atoms with van der Waals surface area (Å²) in [6.07, 6.45) is -4.23. The molecular weight excluding hydrogens is 285 g/mol. The van der Waals surface area contributed by atoms with Crippen molar-refractivity contribution in [3.8, 4) is 0 Å². The van der Waals surface area contributed by atoms with Crippen molar-refractivity contribution in [1.82, 2.24) is 5.32 Å². The maximum absolute atomic E-state index is 12.1. The first-order valence-electron chi connectivity index (χ1n) is 4.68. The number of rotatable bonds is 4. The van der Waals surface area contributed by atoms with Gasteiger partial charge >= 0.3 is 6.18 Å². The molecule has 3 N–H and O–H groups in total. The van der Waals surface area contributed by atoms with Crippen LogP contribution in [0.15, 0.2) is 28.7 Å². The van der Waals surface area contributed by atoms with Gasteiger partial charge in [0.1, 0.15) is 0 Å². The molecule has 0 fully saturated rings. The van der Waals surface area contributed by atoms with E-state index < -0.39 is 18.8 Å². The Morgan fingerprint density at radius 1 is 1.31 bits per heavy atom. The van der Waals surface area contributed by atoms with E-state index >= 15 is 0 Å². The summed E-state index contributed by atoms with van der Waals surface area (Å²) in [4.78, 5) is 0. The first kappa shape index (κ1) is 13.5. The highest BCUT2D eigenvalue weighted by Crippen LogP contribution is 2.23. The number of nitrogens with two attached hydrogens (primary N) is 1.